The molecular formula is C33H27Cl2N3O5S. The molecule has 0 saturated carbocycles. The molecule has 8 nitrogen and oxygen atoms in total. The number of hydrogen-bond donors (Lipinski definition) is 0. The number of hydrogen-bond acceptors (Lipinski definition) is 7. The highest BCUT2D eigenvalue weighted by Crippen LogP contribution is 2.39. The van der Waals surface area contributed by atoms with Crippen molar-refractivity contribution in [3.8, 4) is 5.75 Å². The smallest absolute Gasteiger partial charge is 0.338 e. The Morgan fingerprint density at radius 2 is 1.77 bits per heavy atom. The number of carbonyl (C=O) groups is 2. The molecule has 0 fully saturated rings. The summed E-state index contributed by atoms with van der Waals surface area (Å²) >= 11 is 14.0. The maximum absolute atomic E-state index is 14.5. The number of amides is 1. The van der Waals surface area contributed by atoms with Crippen molar-refractivity contribution >= 4 is 57.7 Å². The number of anilines is 1. The molecule has 0 saturated heterocycles. The first-order chi connectivity index (χ1) is 21.1. The second-order valence-electron chi connectivity index (χ2n) is 10.6. The van der Waals surface area contributed by atoms with Crippen LogP contribution < -0.4 is 24.5 Å². The number of para-hydroxylation sites is 1. The van der Waals surface area contributed by atoms with Gasteiger partial charge in [0, 0.05) is 21.2 Å². The van der Waals surface area contributed by atoms with Gasteiger partial charge in [0.25, 0.3) is 11.5 Å². The van der Waals surface area contributed by atoms with E-state index < -0.39 is 23.7 Å². The first-order valence-corrected chi connectivity index (χ1v) is 15.4. The molecule has 6 rings (SSSR count). The number of rotatable bonds is 6. The van der Waals surface area contributed by atoms with Gasteiger partial charge in [-0.1, -0.05) is 70.9 Å². The molecule has 0 spiro atoms. The molecule has 0 radical (unpaired) electrons. The molecule has 1 atom stereocenters. The van der Waals surface area contributed by atoms with Crippen LogP contribution >= 0.6 is 34.5 Å². The van der Waals surface area contributed by atoms with Gasteiger partial charge in [0.2, 0.25) is 0 Å². The number of esters is 1. The third-order valence-corrected chi connectivity index (χ3v) is 9.14. The molecule has 0 bridgehead atoms. The summed E-state index contributed by atoms with van der Waals surface area (Å²) in [6, 6.07) is 18.7. The van der Waals surface area contributed by atoms with Crippen molar-refractivity contribution in [3.05, 3.63) is 124 Å². The third-order valence-electron chi connectivity index (χ3n) is 7.48. The van der Waals surface area contributed by atoms with Crippen LogP contribution in [-0.2, 0) is 20.9 Å². The number of carbonyl (C=O) groups excluding carboxylic acids is 2. The van der Waals surface area contributed by atoms with Crippen LogP contribution in [0.5, 0.6) is 5.75 Å². The van der Waals surface area contributed by atoms with Crippen LogP contribution in [0.1, 0.15) is 43.5 Å². The maximum Gasteiger partial charge on any atom is 0.338 e. The van der Waals surface area contributed by atoms with E-state index >= 15 is 0 Å². The van der Waals surface area contributed by atoms with Crippen molar-refractivity contribution < 1.29 is 19.1 Å². The second-order valence-corrected chi connectivity index (χ2v) is 12.4. The lowest BCUT2D eigenvalue weighted by Gasteiger charge is -2.26. The number of methoxy groups -OCH3 is 1. The first-order valence-electron chi connectivity index (χ1n) is 13.8. The highest BCUT2D eigenvalue weighted by Gasteiger charge is 2.38. The Morgan fingerprint density at radius 3 is 2.50 bits per heavy atom. The van der Waals surface area contributed by atoms with E-state index in [1.54, 1.807) is 49.9 Å². The van der Waals surface area contributed by atoms with E-state index in [0.29, 0.717) is 43.1 Å². The Morgan fingerprint density at radius 1 is 1.05 bits per heavy atom. The van der Waals surface area contributed by atoms with E-state index in [9.17, 15) is 14.4 Å². The Balaban J connectivity index is 1.61. The van der Waals surface area contributed by atoms with Gasteiger partial charge in [-0.3, -0.25) is 14.2 Å². The fourth-order valence-corrected chi connectivity index (χ4v) is 7.09. The highest BCUT2D eigenvalue weighted by atomic mass is 35.5. The number of fused-ring (bicyclic) bond motifs is 2. The molecule has 0 N–H and O–H groups in total. The summed E-state index contributed by atoms with van der Waals surface area (Å²) in [5.41, 5.74) is 2.92. The van der Waals surface area contributed by atoms with Crippen molar-refractivity contribution in [3.63, 3.8) is 0 Å². The molecule has 1 amide bonds. The molecule has 224 valence electrons. The quantitative estimate of drug-likeness (QED) is 0.261. The summed E-state index contributed by atoms with van der Waals surface area (Å²) in [4.78, 5) is 48.8. The SMILES string of the molecule is COc1ccc(Cl)cc1[C@H]1C(C(=O)OC(C)C)=C(C)N=c2s/c(=C3\C(=O)N(Cc4ccccc4Cl)c4ccccc43)c(=O)n21. The summed E-state index contributed by atoms with van der Waals surface area (Å²) in [5.74, 6) is -0.515. The van der Waals surface area contributed by atoms with Crippen molar-refractivity contribution in [2.45, 2.75) is 39.5 Å². The van der Waals surface area contributed by atoms with E-state index in [0.717, 1.165) is 16.9 Å². The highest BCUT2D eigenvalue weighted by molar-refractivity contribution is 7.07. The van der Waals surface area contributed by atoms with Gasteiger partial charge < -0.3 is 14.4 Å². The zero-order chi connectivity index (χ0) is 31.3. The number of aromatic nitrogens is 1. The Hall–Kier alpha value is -4.18. The largest absolute Gasteiger partial charge is 0.496 e. The minimum absolute atomic E-state index is 0.182. The van der Waals surface area contributed by atoms with Crippen LogP contribution in [0.4, 0.5) is 5.69 Å². The standard InChI is InChI=1S/C33H27Cl2N3O5S/c1-17(2)43-32(41)26-18(3)36-33-38(28(26)22-15-20(34)13-14-25(22)42-4)31(40)29(44-33)27-21-10-6-8-12-24(21)37(30(27)39)16-19-9-5-7-11-23(19)35/h5-15,17,28H,16H2,1-4H3/b29-27-/t28-/m0/s1. The van der Waals surface area contributed by atoms with E-state index in [4.69, 9.17) is 32.7 Å². The topological polar surface area (TPSA) is 90.2 Å². The van der Waals surface area contributed by atoms with Gasteiger partial charge in [0.1, 0.15) is 16.3 Å². The predicted molar refractivity (Wildman–Crippen MR) is 171 cm³/mol. The lowest BCUT2D eigenvalue weighted by atomic mass is 9.95. The zero-order valence-electron chi connectivity index (χ0n) is 24.3. The molecule has 3 heterocycles. The van der Waals surface area contributed by atoms with Gasteiger partial charge >= 0.3 is 5.97 Å². The van der Waals surface area contributed by atoms with Crippen LogP contribution in [0.25, 0.3) is 5.57 Å². The van der Waals surface area contributed by atoms with Gasteiger partial charge in [-0.15, -0.1) is 0 Å². The molecule has 2 aliphatic heterocycles. The minimum atomic E-state index is -0.966. The first kappa shape index (κ1) is 29.9. The normalized spacial score (nSPS) is 17.0. The van der Waals surface area contributed by atoms with Crippen molar-refractivity contribution in [2.24, 2.45) is 4.99 Å². The van der Waals surface area contributed by atoms with E-state index in [1.165, 1.54) is 11.7 Å². The number of allylic oxidation sites excluding steroid dienone is 1. The number of benzene rings is 3. The number of thiazole rings is 1. The fourth-order valence-electron chi connectivity index (χ4n) is 5.58. The monoisotopic (exact) mass is 647 g/mol. The molecule has 3 aromatic carbocycles. The zero-order valence-corrected chi connectivity index (χ0v) is 26.6. The summed E-state index contributed by atoms with van der Waals surface area (Å²) < 4.78 is 12.9. The summed E-state index contributed by atoms with van der Waals surface area (Å²) in [5, 5.41) is 0.935. The second kappa shape index (κ2) is 11.7. The van der Waals surface area contributed by atoms with Gasteiger partial charge in [0.15, 0.2) is 4.80 Å². The number of ether oxygens (including phenoxy) is 2. The van der Waals surface area contributed by atoms with Crippen LogP contribution in [-0.4, -0.2) is 29.7 Å². The van der Waals surface area contributed by atoms with E-state index in [1.807, 2.05) is 42.5 Å². The van der Waals surface area contributed by atoms with E-state index in [-0.39, 0.29) is 28.1 Å². The molecule has 44 heavy (non-hydrogen) atoms. The Kier molecular flexibility index (Phi) is 7.96. The van der Waals surface area contributed by atoms with Crippen LogP contribution in [0, 0.1) is 0 Å². The lowest BCUT2D eigenvalue weighted by Crippen LogP contribution is -2.41. The third kappa shape index (κ3) is 5.04. The summed E-state index contributed by atoms with van der Waals surface area (Å²) in [7, 11) is 1.50. The average molecular weight is 649 g/mol. The molecule has 2 aliphatic rings. The van der Waals surface area contributed by atoms with Crippen molar-refractivity contribution in [2.75, 3.05) is 12.0 Å². The lowest BCUT2D eigenvalue weighted by molar-refractivity contribution is -0.143. The maximum atomic E-state index is 14.5. The number of halogens is 2. The molecule has 0 aliphatic carbocycles. The van der Waals surface area contributed by atoms with Gasteiger partial charge in [-0.2, -0.15) is 0 Å². The predicted octanol–water partition coefficient (Wildman–Crippen LogP) is 5.42. The van der Waals surface area contributed by atoms with Crippen LogP contribution in [0.2, 0.25) is 10.0 Å². The molecular weight excluding hydrogens is 621 g/mol. The van der Waals surface area contributed by atoms with Crippen molar-refractivity contribution in [1.29, 1.82) is 0 Å². The van der Waals surface area contributed by atoms with Gasteiger partial charge in [0.05, 0.1) is 42.3 Å². The van der Waals surface area contributed by atoms with Crippen molar-refractivity contribution in [1.82, 2.24) is 4.57 Å². The van der Waals surface area contributed by atoms with Crippen LogP contribution in [0.3, 0.4) is 0 Å². The molecule has 4 aromatic rings. The fraction of sp³-hybridized carbons (Fsp3) is 0.212. The van der Waals surface area contributed by atoms with Crippen LogP contribution in [0.15, 0.2) is 87.8 Å². The Labute approximate surface area is 267 Å². The average Bonchev–Trinajstić information content (AvgIpc) is 3.45. The van der Waals surface area contributed by atoms with Gasteiger partial charge in [-0.25, -0.2) is 9.79 Å². The molecule has 0 unspecified atom stereocenters. The number of nitrogens with zero attached hydrogens (tertiary/aromatic N) is 3. The summed E-state index contributed by atoms with van der Waals surface area (Å²) in [6.07, 6.45) is -0.409. The summed E-state index contributed by atoms with van der Waals surface area (Å²) in [6.45, 7) is 5.42. The molecule has 11 heteroatoms. The Bertz CT molecular complexity index is 2060. The minimum Gasteiger partial charge on any atom is -0.496 e. The van der Waals surface area contributed by atoms with Gasteiger partial charge in [-0.05, 0) is 56.7 Å². The molecule has 1 aromatic heterocycles. The van der Waals surface area contributed by atoms with E-state index in [2.05, 4.69) is 4.99 Å².